The van der Waals surface area contributed by atoms with Gasteiger partial charge < -0.3 is 14.8 Å². The molecule has 19 heavy (non-hydrogen) atoms. The lowest BCUT2D eigenvalue weighted by Gasteiger charge is -2.23. The topological polar surface area (TPSA) is 30.5 Å². The minimum absolute atomic E-state index is 0.0690. The van der Waals surface area contributed by atoms with E-state index in [-0.39, 0.29) is 12.9 Å². The van der Waals surface area contributed by atoms with Crippen molar-refractivity contribution < 1.29 is 22.6 Å². The molecule has 0 bridgehead atoms. The van der Waals surface area contributed by atoms with Crippen molar-refractivity contribution in [2.75, 3.05) is 19.9 Å². The molecule has 2 rings (SSSR count). The van der Waals surface area contributed by atoms with Crippen LogP contribution in [-0.4, -0.2) is 26.0 Å². The maximum Gasteiger partial charge on any atom is 0.416 e. The van der Waals surface area contributed by atoms with Crippen LogP contribution in [0, 0.1) is 0 Å². The third-order valence-electron chi connectivity index (χ3n) is 2.93. The van der Waals surface area contributed by atoms with Crippen LogP contribution in [0.4, 0.5) is 13.2 Å². The summed E-state index contributed by atoms with van der Waals surface area (Å²) in [6.07, 6.45) is -3.42. The molecule has 0 aromatic heterocycles. The zero-order valence-corrected chi connectivity index (χ0v) is 10.4. The third-order valence-corrected chi connectivity index (χ3v) is 2.93. The van der Waals surface area contributed by atoms with E-state index in [9.17, 15) is 13.2 Å². The van der Waals surface area contributed by atoms with Gasteiger partial charge in [0.05, 0.1) is 18.3 Å². The van der Waals surface area contributed by atoms with E-state index in [2.05, 4.69) is 5.32 Å². The van der Waals surface area contributed by atoms with Crippen LogP contribution in [0.5, 0.6) is 0 Å². The van der Waals surface area contributed by atoms with Crippen molar-refractivity contribution in [2.45, 2.75) is 25.2 Å². The summed E-state index contributed by atoms with van der Waals surface area (Å²) < 4.78 is 48.0. The Morgan fingerprint density at radius 3 is 2.84 bits per heavy atom. The van der Waals surface area contributed by atoms with E-state index in [4.69, 9.17) is 9.47 Å². The van der Waals surface area contributed by atoms with Gasteiger partial charge in [-0.15, -0.1) is 0 Å². The molecule has 0 radical (unpaired) electrons. The van der Waals surface area contributed by atoms with Gasteiger partial charge in [0, 0.05) is 13.1 Å². The minimum Gasteiger partial charge on any atom is -0.355 e. The molecular weight excluding hydrogens is 259 g/mol. The van der Waals surface area contributed by atoms with Crippen molar-refractivity contribution in [3.8, 4) is 0 Å². The largest absolute Gasteiger partial charge is 0.416 e. The van der Waals surface area contributed by atoms with E-state index in [1.165, 1.54) is 6.07 Å². The first kappa shape index (κ1) is 14.3. The van der Waals surface area contributed by atoms with Crippen molar-refractivity contribution in [1.82, 2.24) is 5.32 Å². The van der Waals surface area contributed by atoms with Gasteiger partial charge in [-0.1, -0.05) is 18.2 Å². The summed E-state index contributed by atoms with van der Waals surface area (Å²) in [5.41, 5.74) is -0.00370. The fourth-order valence-corrected chi connectivity index (χ4v) is 1.90. The van der Waals surface area contributed by atoms with Crippen molar-refractivity contribution >= 4 is 0 Å². The Kier molecular flexibility index (Phi) is 4.79. The average Bonchev–Trinajstić information content (AvgIpc) is 2.39. The van der Waals surface area contributed by atoms with Gasteiger partial charge in [-0.3, -0.25) is 0 Å². The first-order valence-corrected chi connectivity index (χ1v) is 6.12. The molecule has 1 N–H and O–H groups in total. The van der Waals surface area contributed by atoms with Crippen molar-refractivity contribution in [2.24, 2.45) is 0 Å². The first-order chi connectivity index (χ1) is 9.05. The summed E-state index contributed by atoms with van der Waals surface area (Å²) in [5, 5.41) is 3.10. The zero-order chi connectivity index (χ0) is 13.7. The Balaban J connectivity index is 1.82. The second-order valence-electron chi connectivity index (χ2n) is 4.43. The molecule has 1 aromatic rings. The fourth-order valence-electron chi connectivity index (χ4n) is 1.90. The van der Waals surface area contributed by atoms with Gasteiger partial charge in [0.2, 0.25) is 0 Å². The predicted octanol–water partition coefficient (Wildman–Crippen LogP) is 2.56. The van der Waals surface area contributed by atoms with E-state index in [1.807, 2.05) is 0 Å². The van der Waals surface area contributed by atoms with Crippen molar-refractivity contribution in [3.63, 3.8) is 0 Å². The van der Waals surface area contributed by atoms with Gasteiger partial charge in [0.15, 0.2) is 0 Å². The Hall–Kier alpha value is -1.11. The van der Waals surface area contributed by atoms with Crippen LogP contribution < -0.4 is 5.32 Å². The van der Waals surface area contributed by atoms with Crippen LogP contribution in [0.1, 0.15) is 17.5 Å². The van der Waals surface area contributed by atoms with E-state index in [0.29, 0.717) is 25.3 Å². The molecule has 1 atom stereocenters. The summed E-state index contributed by atoms with van der Waals surface area (Å²) in [6, 6.07) is 5.33. The molecule has 106 valence electrons. The molecule has 0 amide bonds. The lowest BCUT2D eigenvalue weighted by Crippen LogP contribution is -2.33. The molecule has 3 nitrogen and oxygen atoms in total. The minimum atomic E-state index is -4.29. The van der Waals surface area contributed by atoms with Crippen LogP contribution in [-0.2, 0) is 22.2 Å². The van der Waals surface area contributed by atoms with Crippen LogP contribution in [0.25, 0.3) is 0 Å². The number of alkyl halides is 3. The standard InChI is InChI=1S/C13H16F3NO2/c14-13(15,16)11-3-1-2-10(6-11)7-17-8-12-4-5-18-9-19-12/h1-3,6,12,17H,4-5,7-9H2. The quantitative estimate of drug-likeness (QED) is 0.916. The molecule has 6 heteroatoms. The summed E-state index contributed by atoms with van der Waals surface area (Å²) in [6.45, 7) is 1.95. The number of nitrogens with one attached hydrogen (secondary N) is 1. The average molecular weight is 275 g/mol. The second-order valence-corrected chi connectivity index (χ2v) is 4.43. The number of hydrogen-bond donors (Lipinski definition) is 1. The number of halogens is 3. The monoisotopic (exact) mass is 275 g/mol. The van der Waals surface area contributed by atoms with Gasteiger partial charge in [0.25, 0.3) is 0 Å². The number of hydrogen-bond acceptors (Lipinski definition) is 3. The van der Waals surface area contributed by atoms with Crippen molar-refractivity contribution in [1.29, 1.82) is 0 Å². The predicted molar refractivity (Wildman–Crippen MR) is 63.5 cm³/mol. The maximum absolute atomic E-state index is 12.5. The Bertz CT molecular complexity index is 403. The molecule has 1 aromatic carbocycles. The van der Waals surface area contributed by atoms with E-state index in [1.54, 1.807) is 6.07 Å². The molecule has 1 aliphatic heterocycles. The first-order valence-electron chi connectivity index (χ1n) is 6.12. The van der Waals surface area contributed by atoms with Gasteiger partial charge in [0.1, 0.15) is 6.79 Å². The highest BCUT2D eigenvalue weighted by molar-refractivity contribution is 5.25. The molecule has 1 unspecified atom stereocenters. The molecule has 1 heterocycles. The van der Waals surface area contributed by atoms with E-state index < -0.39 is 11.7 Å². The highest BCUT2D eigenvalue weighted by Crippen LogP contribution is 2.29. The smallest absolute Gasteiger partial charge is 0.355 e. The molecule has 0 spiro atoms. The van der Waals surface area contributed by atoms with Crippen LogP contribution in [0.15, 0.2) is 24.3 Å². The fraction of sp³-hybridized carbons (Fsp3) is 0.538. The molecule has 1 saturated heterocycles. The maximum atomic E-state index is 12.5. The summed E-state index contributed by atoms with van der Waals surface area (Å²) in [5.74, 6) is 0. The highest BCUT2D eigenvalue weighted by Gasteiger charge is 2.30. The normalized spacial score (nSPS) is 20.5. The van der Waals surface area contributed by atoms with Crippen LogP contribution in [0.2, 0.25) is 0 Å². The van der Waals surface area contributed by atoms with E-state index in [0.717, 1.165) is 18.6 Å². The molecule has 1 aliphatic rings. The Labute approximate surface area is 109 Å². The van der Waals surface area contributed by atoms with Crippen molar-refractivity contribution in [3.05, 3.63) is 35.4 Å². The van der Waals surface area contributed by atoms with Gasteiger partial charge in [-0.25, -0.2) is 0 Å². The Morgan fingerprint density at radius 2 is 2.16 bits per heavy atom. The summed E-state index contributed by atoms with van der Waals surface area (Å²) in [4.78, 5) is 0. The second kappa shape index (κ2) is 6.36. The summed E-state index contributed by atoms with van der Waals surface area (Å²) in [7, 11) is 0. The lowest BCUT2D eigenvalue weighted by molar-refractivity contribution is -0.138. The number of rotatable bonds is 4. The zero-order valence-electron chi connectivity index (χ0n) is 10.4. The van der Waals surface area contributed by atoms with Crippen LogP contribution in [0.3, 0.4) is 0 Å². The summed E-state index contributed by atoms with van der Waals surface area (Å²) >= 11 is 0. The number of benzene rings is 1. The van der Waals surface area contributed by atoms with E-state index >= 15 is 0 Å². The lowest BCUT2D eigenvalue weighted by atomic mass is 10.1. The Morgan fingerprint density at radius 1 is 1.32 bits per heavy atom. The van der Waals surface area contributed by atoms with Gasteiger partial charge >= 0.3 is 6.18 Å². The van der Waals surface area contributed by atoms with Gasteiger partial charge in [-0.2, -0.15) is 13.2 Å². The molecule has 0 saturated carbocycles. The highest BCUT2D eigenvalue weighted by atomic mass is 19.4. The molecular formula is C13H16F3NO2. The van der Waals surface area contributed by atoms with Crippen LogP contribution >= 0.6 is 0 Å². The number of ether oxygens (including phenoxy) is 2. The SMILES string of the molecule is FC(F)(F)c1cccc(CNCC2CCOCO2)c1. The molecule has 1 fully saturated rings. The molecule has 0 aliphatic carbocycles. The van der Waals surface area contributed by atoms with Gasteiger partial charge in [-0.05, 0) is 18.1 Å². The third kappa shape index (κ3) is 4.49.